The number of nitrogens with zero attached hydrogens (tertiary/aromatic N) is 2. The van der Waals surface area contributed by atoms with Crippen LogP contribution in [0.25, 0.3) is 0 Å². The molecule has 0 aliphatic carbocycles. The predicted octanol–water partition coefficient (Wildman–Crippen LogP) is 6.57. The first-order valence-electron chi connectivity index (χ1n) is 11.2. The first-order valence-corrected chi connectivity index (χ1v) is 12.0. The van der Waals surface area contributed by atoms with Crippen LogP contribution in [0.15, 0.2) is 65.8 Å². The summed E-state index contributed by atoms with van der Waals surface area (Å²) in [5.74, 6) is 0.264. The summed E-state index contributed by atoms with van der Waals surface area (Å²) >= 11 is 1.75. The lowest BCUT2D eigenvalue weighted by molar-refractivity contribution is -0.148. The molecule has 0 N–H and O–H groups in total. The lowest BCUT2D eigenvalue weighted by Gasteiger charge is -2.29. The van der Waals surface area contributed by atoms with E-state index in [2.05, 4.69) is 53.5 Å². The van der Waals surface area contributed by atoms with Gasteiger partial charge in [-0.05, 0) is 76.5 Å². The van der Waals surface area contributed by atoms with E-state index in [0.717, 1.165) is 23.5 Å². The minimum Gasteiger partial charge on any atom is -0.465 e. The van der Waals surface area contributed by atoms with Crippen molar-refractivity contribution in [1.82, 2.24) is 4.31 Å². The Balaban J connectivity index is 1.83. The normalized spacial score (nSPS) is 17.2. The molecule has 3 rings (SSSR count). The fourth-order valence-corrected chi connectivity index (χ4v) is 4.66. The second kappa shape index (κ2) is 10.9. The number of rotatable bonds is 7. The van der Waals surface area contributed by atoms with Crippen LogP contribution in [0.5, 0.6) is 5.75 Å². The average Bonchev–Trinajstić information content (AvgIpc) is 2.87. The zero-order valence-electron chi connectivity index (χ0n) is 19.7. The van der Waals surface area contributed by atoms with Crippen molar-refractivity contribution in [2.75, 3.05) is 18.5 Å². The van der Waals surface area contributed by atoms with E-state index in [1.165, 1.54) is 30.9 Å². The molecule has 2 aromatic carbocycles. The molecule has 0 saturated carbocycles. The SMILES string of the molecule is CCCCC1CN(c2ccccc2)c2ccc(O/C=C/C(=O)OC(C)(C)C)cc2SN1C. The number of fused-ring (bicyclic) bond motifs is 1. The number of likely N-dealkylation sites (N-methyl/N-ethyl adjacent to an activating group) is 1. The molecule has 0 saturated heterocycles. The van der Waals surface area contributed by atoms with Gasteiger partial charge in [-0.15, -0.1) is 0 Å². The number of esters is 1. The Morgan fingerprint density at radius 1 is 1.19 bits per heavy atom. The Hall–Kier alpha value is -2.44. The molecule has 1 heterocycles. The maximum atomic E-state index is 11.9. The number of benzene rings is 2. The van der Waals surface area contributed by atoms with Gasteiger partial charge in [0.1, 0.15) is 11.4 Å². The van der Waals surface area contributed by atoms with Crippen molar-refractivity contribution in [3.05, 3.63) is 60.9 Å². The van der Waals surface area contributed by atoms with Crippen LogP contribution in [0.3, 0.4) is 0 Å². The summed E-state index contributed by atoms with van der Waals surface area (Å²) in [6.07, 6.45) is 6.25. The highest BCUT2D eigenvalue weighted by atomic mass is 32.2. The van der Waals surface area contributed by atoms with Gasteiger partial charge in [-0.3, -0.25) is 0 Å². The van der Waals surface area contributed by atoms with Crippen molar-refractivity contribution < 1.29 is 14.3 Å². The zero-order valence-corrected chi connectivity index (χ0v) is 20.5. The maximum Gasteiger partial charge on any atom is 0.334 e. The third kappa shape index (κ3) is 6.78. The van der Waals surface area contributed by atoms with Crippen molar-refractivity contribution in [3.8, 4) is 5.75 Å². The number of ether oxygens (including phenoxy) is 2. The summed E-state index contributed by atoms with van der Waals surface area (Å²) in [4.78, 5) is 15.4. The van der Waals surface area contributed by atoms with Crippen molar-refractivity contribution >= 4 is 29.3 Å². The fraction of sp³-hybridized carbons (Fsp3) is 0.423. The number of unbranched alkanes of at least 4 members (excludes halogenated alkanes) is 1. The van der Waals surface area contributed by atoms with Crippen LogP contribution in [0.2, 0.25) is 0 Å². The Morgan fingerprint density at radius 3 is 2.62 bits per heavy atom. The Labute approximate surface area is 196 Å². The molecule has 0 fully saturated rings. The second-order valence-electron chi connectivity index (χ2n) is 8.96. The molecule has 0 spiro atoms. The van der Waals surface area contributed by atoms with Gasteiger partial charge in [0.05, 0.1) is 22.9 Å². The van der Waals surface area contributed by atoms with E-state index in [1.54, 1.807) is 11.9 Å². The predicted molar refractivity (Wildman–Crippen MR) is 132 cm³/mol. The lowest BCUT2D eigenvalue weighted by Crippen LogP contribution is -2.35. The molecule has 0 radical (unpaired) electrons. The number of carbonyl (C=O) groups excluding carboxylic acids is 1. The van der Waals surface area contributed by atoms with Gasteiger partial charge in [0.2, 0.25) is 0 Å². The number of hydrogen-bond acceptors (Lipinski definition) is 6. The summed E-state index contributed by atoms with van der Waals surface area (Å²) in [5, 5.41) is 0. The van der Waals surface area contributed by atoms with Gasteiger partial charge < -0.3 is 14.4 Å². The highest BCUT2D eigenvalue weighted by Gasteiger charge is 2.27. The number of carbonyl (C=O) groups is 1. The van der Waals surface area contributed by atoms with Gasteiger partial charge in [0.15, 0.2) is 0 Å². The molecule has 5 nitrogen and oxygen atoms in total. The molecular weight excluding hydrogens is 420 g/mol. The van der Waals surface area contributed by atoms with Crippen LogP contribution in [-0.2, 0) is 9.53 Å². The molecule has 0 aromatic heterocycles. The van der Waals surface area contributed by atoms with Crippen LogP contribution in [0, 0.1) is 0 Å². The molecule has 1 aliphatic heterocycles. The minimum absolute atomic E-state index is 0.421. The van der Waals surface area contributed by atoms with Crippen LogP contribution >= 0.6 is 11.9 Å². The summed E-state index contributed by atoms with van der Waals surface area (Å²) in [6.45, 7) is 8.69. The van der Waals surface area contributed by atoms with Crippen LogP contribution in [0.4, 0.5) is 11.4 Å². The van der Waals surface area contributed by atoms with E-state index < -0.39 is 11.6 Å². The molecule has 32 heavy (non-hydrogen) atoms. The zero-order chi connectivity index (χ0) is 23.1. The smallest absolute Gasteiger partial charge is 0.334 e. The van der Waals surface area contributed by atoms with Crippen molar-refractivity contribution in [3.63, 3.8) is 0 Å². The standard InChI is InChI=1S/C26H34N2O3S/c1-6-7-11-21-19-28(20-12-9-8-10-13-20)23-15-14-22(18-24(23)32-27(21)5)30-17-16-25(29)31-26(2,3)4/h8-10,12-18,21H,6-7,11,19H2,1-5H3/b17-16+. The van der Waals surface area contributed by atoms with Crippen molar-refractivity contribution in [2.45, 2.75) is 63.5 Å². The minimum atomic E-state index is -0.526. The summed E-state index contributed by atoms with van der Waals surface area (Å²) < 4.78 is 13.4. The highest BCUT2D eigenvalue weighted by molar-refractivity contribution is 7.97. The molecule has 1 atom stereocenters. The molecule has 2 aromatic rings. The van der Waals surface area contributed by atoms with Crippen LogP contribution in [0.1, 0.15) is 47.0 Å². The first-order chi connectivity index (χ1) is 15.3. The Kier molecular flexibility index (Phi) is 8.26. The molecule has 1 aliphatic rings. The highest BCUT2D eigenvalue weighted by Crippen LogP contribution is 2.42. The molecule has 6 heteroatoms. The number of anilines is 2. The monoisotopic (exact) mass is 454 g/mol. The van der Waals surface area contributed by atoms with Crippen LogP contribution in [-0.4, -0.2) is 35.5 Å². The van der Waals surface area contributed by atoms with E-state index >= 15 is 0 Å². The maximum absolute atomic E-state index is 11.9. The van der Waals surface area contributed by atoms with Crippen molar-refractivity contribution in [1.29, 1.82) is 0 Å². The molecule has 172 valence electrons. The molecule has 0 amide bonds. The summed E-state index contributed by atoms with van der Waals surface area (Å²) in [7, 11) is 2.17. The summed E-state index contributed by atoms with van der Waals surface area (Å²) in [6, 6.07) is 17.0. The summed E-state index contributed by atoms with van der Waals surface area (Å²) in [5.41, 5.74) is 1.82. The Bertz CT molecular complexity index is 924. The average molecular weight is 455 g/mol. The van der Waals surface area contributed by atoms with Gasteiger partial charge in [-0.1, -0.05) is 38.0 Å². The van der Waals surface area contributed by atoms with Crippen molar-refractivity contribution in [2.24, 2.45) is 0 Å². The Morgan fingerprint density at radius 2 is 1.94 bits per heavy atom. The molecule has 1 unspecified atom stereocenters. The first kappa shape index (κ1) is 24.2. The van der Waals surface area contributed by atoms with Gasteiger partial charge in [0.25, 0.3) is 0 Å². The number of para-hydroxylation sites is 1. The lowest BCUT2D eigenvalue weighted by atomic mass is 10.1. The van der Waals surface area contributed by atoms with Gasteiger partial charge in [-0.2, -0.15) is 0 Å². The largest absolute Gasteiger partial charge is 0.465 e. The van der Waals surface area contributed by atoms with Gasteiger partial charge >= 0.3 is 5.97 Å². The van der Waals surface area contributed by atoms with E-state index in [0.29, 0.717) is 11.8 Å². The number of hydrogen-bond donors (Lipinski definition) is 0. The van der Waals surface area contributed by atoms with E-state index in [9.17, 15) is 4.79 Å². The molecular formula is C26H34N2O3S. The van der Waals surface area contributed by atoms with Gasteiger partial charge in [-0.25, -0.2) is 9.10 Å². The molecule has 0 bridgehead atoms. The van der Waals surface area contributed by atoms with Crippen LogP contribution < -0.4 is 9.64 Å². The van der Waals surface area contributed by atoms with E-state index in [4.69, 9.17) is 9.47 Å². The third-order valence-electron chi connectivity index (χ3n) is 5.15. The van der Waals surface area contributed by atoms with Gasteiger partial charge in [0, 0.05) is 18.3 Å². The topological polar surface area (TPSA) is 42.0 Å². The third-order valence-corrected chi connectivity index (χ3v) is 6.26. The quantitative estimate of drug-likeness (QED) is 0.204. The fourth-order valence-electron chi connectivity index (χ4n) is 3.59. The van der Waals surface area contributed by atoms with E-state index in [1.807, 2.05) is 39.0 Å². The second-order valence-corrected chi connectivity index (χ2v) is 10.2. The van der Waals surface area contributed by atoms with E-state index in [-0.39, 0.29) is 0 Å².